The standard InChI is InChI=1S/C20H16F3N3O4/c21-20(22,23)16-3-1-2-15(8-16)14-6-4-13(5-7-14)11-29-17-9-25-10-18(26(27)28)24-19(25)30-12-17/h1-8,10,17H,9,11-12H2/t17-/m0/s1. The van der Waals surface area contributed by atoms with E-state index in [4.69, 9.17) is 9.47 Å². The second-order valence-corrected chi connectivity index (χ2v) is 6.81. The predicted octanol–water partition coefficient (Wildman–Crippen LogP) is 4.45. The number of imidazole rings is 1. The van der Waals surface area contributed by atoms with E-state index in [-0.39, 0.29) is 31.1 Å². The third kappa shape index (κ3) is 4.28. The summed E-state index contributed by atoms with van der Waals surface area (Å²) in [4.78, 5) is 14.0. The fraction of sp³-hybridized carbons (Fsp3) is 0.250. The largest absolute Gasteiger partial charge is 0.443 e. The van der Waals surface area contributed by atoms with Crippen LogP contribution in [-0.2, 0) is 24.1 Å². The third-order valence-corrected chi connectivity index (χ3v) is 4.68. The van der Waals surface area contributed by atoms with Crippen molar-refractivity contribution in [2.45, 2.75) is 25.4 Å². The Morgan fingerprint density at radius 3 is 2.67 bits per heavy atom. The first-order valence-electron chi connectivity index (χ1n) is 9.02. The summed E-state index contributed by atoms with van der Waals surface area (Å²) in [5.74, 6) is -0.282. The van der Waals surface area contributed by atoms with Gasteiger partial charge in [0.1, 0.15) is 18.9 Å². The average Bonchev–Trinajstić information content (AvgIpc) is 3.16. The van der Waals surface area contributed by atoms with Gasteiger partial charge in [0.2, 0.25) is 0 Å². The second-order valence-electron chi connectivity index (χ2n) is 6.81. The van der Waals surface area contributed by atoms with Crippen molar-refractivity contribution in [2.24, 2.45) is 0 Å². The summed E-state index contributed by atoms with van der Waals surface area (Å²) in [5.41, 5.74) is 1.30. The Hall–Kier alpha value is -3.40. The highest BCUT2D eigenvalue weighted by Gasteiger charge is 2.30. The van der Waals surface area contributed by atoms with Gasteiger partial charge in [-0.15, -0.1) is 0 Å². The molecule has 0 amide bonds. The molecule has 1 aromatic heterocycles. The molecule has 0 aliphatic carbocycles. The van der Waals surface area contributed by atoms with Crippen LogP contribution in [0.4, 0.5) is 19.0 Å². The molecule has 7 nitrogen and oxygen atoms in total. The number of benzene rings is 2. The van der Waals surface area contributed by atoms with Gasteiger partial charge in [-0.05, 0) is 33.7 Å². The molecule has 30 heavy (non-hydrogen) atoms. The maximum absolute atomic E-state index is 12.9. The van der Waals surface area contributed by atoms with Crippen molar-refractivity contribution in [1.29, 1.82) is 0 Å². The van der Waals surface area contributed by atoms with Gasteiger partial charge in [-0.3, -0.25) is 4.57 Å². The van der Waals surface area contributed by atoms with Crippen molar-refractivity contribution in [3.63, 3.8) is 0 Å². The molecule has 1 aliphatic rings. The van der Waals surface area contributed by atoms with E-state index in [1.807, 2.05) is 0 Å². The van der Waals surface area contributed by atoms with Crippen LogP contribution in [0.2, 0.25) is 0 Å². The summed E-state index contributed by atoms with van der Waals surface area (Å²) in [5, 5.41) is 10.8. The van der Waals surface area contributed by atoms with Gasteiger partial charge >= 0.3 is 18.0 Å². The summed E-state index contributed by atoms with van der Waals surface area (Å²) in [6.07, 6.45) is -3.40. The maximum atomic E-state index is 12.9. The lowest BCUT2D eigenvalue weighted by molar-refractivity contribution is -0.389. The number of hydrogen-bond donors (Lipinski definition) is 0. The Balaban J connectivity index is 1.38. The molecule has 0 bridgehead atoms. The fourth-order valence-electron chi connectivity index (χ4n) is 3.14. The van der Waals surface area contributed by atoms with Crippen LogP contribution in [0, 0.1) is 10.1 Å². The minimum absolute atomic E-state index is 0.187. The van der Waals surface area contributed by atoms with Gasteiger partial charge in [0, 0.05) is 4.98 Å². The molecule has 0 saturated carbocycles. The number of rotatable bonds is 5. The number of halogens is 3. The van der Waals surface area contributed by atoms with Crippen LogP contribution < -0.4 is 4.74 Å². The Bertz CT molecular complexity index is 1060. The number of fused-ring (bicyclic) bond motifs is 1. The molecule has 10 heteroatoms. The lowest BCUT2D eigenvalue weighted by Gasteiger charge is -2.22. The molecule has 4 rings (SSSR count). The van der Waals surface area contributed by atoms with E-state index in [2.05, 4.69) is 4.98 Å². The maximum Gasteiger partial charge on any atom is 0.416 e. The van der Waals surface area contributed by atoms with E-state index in [0.717, 1.165) is 17.7 Å². The van der Waals surface area contributed by atoms with Crippen LogP contribution in [0.5, 0.6) is 6.01 Å². The van der Waals surface area contributed by atoms with Crippen LogP contribution >= 0.6 is 0 Å². The molecule has 1 atom stereocenters. The number of nitro groups is 1. The molecule has 156 valence electrons. The molecule has 0 spiro atoms. The van der Waals surface area contributed by atoms with Gasteiger partial charge in [-0.1, -0.05) is 36.4 Å². The van der Waals surface area contributed by atoms with E-state index in [1.165, 1.54) is 16.8 Å². The molecule has 0 N–H and O–H groups in total. The van der Waals surface area contributed by atoms with E-state index in [0.29, 0.717) is 17.7 Å². The van der Waals surface area contributed by atoms with Crippen LogP contribution in [0.15, 0.2) is 54.7 Å². The SMILES string of the molecule is O=[N+]([O-])c1cn2c(n1)OC[C@@H](OCc1ccc(-c3cccc(C(F)(F)F)c3)cc1)C2. The monoisotopic (exact) mass is 419 g/mol. The number of aromatic nitrogens is 2. The zero-order chi connectivity index (χ0) is 21.3. The van der Waals surface area contributed by atoms with Crippen molar-refractivity contribution < 1.29 is 27.6 Å². The average molecular weight is 419 g/mol. The van der Waals surface area contributed by atoms with E-state index >= 15 is 0 Å². The molecular formula is C20H16F3N3O4. The van der Waals surface area contributed by atoms with Crippen LogP contribution in [-0.4, -0.2) is 27.2 Å². The van der Waals surface area contributed by atoms with E-state index in [1.54, 1.807) is 30.3 Å². The normalized spacial score (nSPS) is 16.0. The lowest BCUT2D eigenvalue weighted by Crippen LogP contribution is -2.32. The summed E-state index contributed by atoms with van der Waals surface area (Å²) >= 11 is 0. The molecule has 2 heterocycles. The van der Waals surface area contributed by atoms with Crippen LogP contribution in [0.3, 0.4) is 0 Å². The summed E-state index contributed by atoms with van der Waals surface area (Å²) in [6.45, 7) is 0.859. The Kier molecular flexibility index (Phi) is 5.17. The number of hydrogen-bond acceptors (Lipinski definition) is 5. The third-order valence-electron chi connectivity index (χ3n) is 4.68. The van der Waals surface area contributed by atoms with Crippen molar-refractivity contribution in [1.82, 2.24) is 9.55 Å². The number of ether oxygens (including phenoxy) is 2. The van der Waals surface area contributed by atoms with Gasteiger partial charge in [-0.2, -0.15) is 13.2 Å². The topological polar surface area (TPSA) is 79.4 Å². The summed E-state index contributed by atoms with van der Waals surface area (Å²) < 4.78 is 51.4. The summed E-state index contributed by atoms with van der Waals surface area (Å²) in [7, 11) is 0. The zero-order valence-corrected chi connectivity index (χ0v) is 15.5. The van der Waals surface area contributed by atoms with Crippen molar-refractivity contribution in [3.8, 4) is 17.1 Å². The predicted molar refractivity (Wildman–Crippen MR) is 99.8 cm³/mol. The van der Waals surface area contributed by atoms with Crippen LogP contribution in [0.1, 0.15) is 11.1 Å². The minimum Gasteiger partial charge on any atom is -0.443 e. The highest BCUT2D eigenvalue weighted by molar-refractivity contribution is 5.64. The molecule has 1 aliphatic heterocycles. The van der Waals surface area contributed by atoms with Crippen LogP contribution in [0.25, 0.3) is 11.1 Å². The Morgan fingerprint density at radius 1 is 1.20 bits per heavy atom. The minimum atomic E-state index is -4.39. The molecule has 0 unspecified atom stereocenters. The zero-order valence-electron chi connectivity index (χ0n) is 15.5. The van der Waals surface area contributed by atoms with Gasteiger partial charge in [0.25, 0.3) is 0 Å². The Morgan fingerprint density at radius 2 is 1.97 bits per heavy atom. The highest BCUT2D eigenvalue weighted by Crippen LogP contribution is 2.32. The summed E-state index contributed by atoms with van der Waals surface area (Å²) in [6, 6.07) is 12.4. The first-order chi connectivity index (χ1) is 14.3. The van der Waals surface area contributed by atoms with Gasteiger partial charge in [0.05, 0.1) is 18.7 Å². The number of alkyl halides is 3. The smallest absolute Gasteiger partial charge is 0.416 e. The molecule has 3 aromatic rings. The fourth-order valence-corrected chi connectivity index (χ4v) is 3.14. The number of nitrogens with zero attached hydrogens (tertiary/aromatic N) is 3. The molecule has 0 fully saturated rings. The van der Waals surface area contributed by atoms with Crippen molar-refractivity contribution in [2.75, 3.05) is 6.61 Å². The van der Waals surface area contributed by atoms with Gasteiger partial charge < -0.3 is 19.6 Å². The quantitative estimate of drug-likeness (QED) is 0.451. The van der Waals surface area contributed by atoms with Gasteiger partial charge in [-0.25, -0.2) is 0 Å². The van der Waals surface area contributed by atoms with Gasteiger partial charge in [0.15, 0.2) is 0 Å². The Labute approximate surface area is 168 Å². The highest BCUT2D eigenvalue weighted by atomic mass is 19.4. The second kappa shape index (κ2) is 7.79. The lowest BCUT2D eigenvalue weighted by atomic mass is 10.0. The molecular weight excluding hydrogens is 403 g/mol. The molecule has 2 aromatic carbocycles. The molecule has 0 radical (unpaired) electrons. The van der Waals surface area contributed by atoms with Crippen molar-refractivity contribution in [3.05, 3.63) is 76.0 Å². The first-order valence-corrected chi connectivity index (χ1v) is 9.02. The molecule has 0 saturated heterocycles. The van der Waals surface area contributed by atoms with E-state index < -0.39 is 16.7 Å². The first kappa shape index (κ1) is 19.9. The van der Waals surface area contributed by atoms with E-state index in [9.17, 15) is 23.3 Å². The van der Waals surface area contributed by atoms with Crippen molar-refractivity contribution >= 4 is 5.82 Å².